The molecule has 144 valence electrons. The van der Waals surface area contributed by atoms with Crippen molar-refractivity contribution in [2.24, 2.45) is 0 Å². The van der Waals surface area contributed by atoms with E-state index in [1.807, 2.05) is 31.2 Å². The topological polar surface area (TPSA) is 67.2 Å². The van der Waals surface area contributed by atoms with Crippen LogP contribution < -0.4 is 10.9 Å². The van der Waals surface area contributed by atoms with Crippen LogP contribution in [0, 0.1) is 12.7 Å². The number of hydrogen-bond acceptors (Lipinski definition) is 3. The molecule has 0 spiro atoms. The molecule has 3 aromatic rings. The number of fused-ring (bicyclic) bond motifs is 1. The first kappa shape index (κ1) is 18.2. The van der Waals surface area contributed by atoms with E-state index in [1.54, 1.807) is 9.47 Å². The maximum Gasteiger partial charge on any atom is 0.321 e. The first-order valence-corrected chi connectivity index (χ1v) is 9.31. The van der Waals surface area contributed by atoms with E-state index in [1.165, 1.54) is 24.5 Å². The number of piperidine rings is 1. The predicted molar refractivity (Wildman–Crippen MR) is 106 cm³/mol. The number of urea groups is 1. The van der Waals surface area contributed by atoms with Crippen LogP contribution in [-0.4, -0.2) is 33.6 Å². The first-order chi connectivity index (χ1) is 13.5. The van der Waals surface area contributed by atoms with Crippen LogP contribution in [0.2, 0.25) is 0 Å². The van der Waals surface area contributed by atoms with Crippen LogP contribution in [0.3, 0.4) is 0 Å². The monoisotopic (exact) mass is 380 g/mol. The van der Waals surface area contributed by atoms with Gasteiger partial charge in [0.05, 0.1) is 17.2 Å². The second kappa shape index (κ2) is 7.42. The number of nitrogens with one attached hydrogen (secondary N) is 1. The average Bonchev–Trinajstić information content (AvgIpc) is 2.70. The van der Waals surface area contributed by atoms with Crippen molar-refractivity contribution in [1.29, 1.82) is 0 Å². The Morgan fingerprint density at radius 3 is 2.68 bits per heavy atom. The maximum absolute atomic E-state index is 13.5. The van der Waals surface area contributed by atoms with Gasteiger partial charge in [-0.15, -0.1) is 0 Å². The lowest BCUT2D eigenvalue weighted by molar-refractivity contribution is 0.182. The van der Waals surface area contributed by atoms with Crippen LogP contribution in [0.5, 0.6) is 0 Å². The highest BCUT2D eigenvalue weighted by molar-refractivity contribution is 5.90. The highest BCUT2D eigenvalue weighted by atomic mass is 19.1. The number of carbonyl (C=O) groups is 1. The SMILES string of the molecule is Cc1ccccc1NC(=O)N1CCC(n2cnc3ccc(F)cc3c2=O)CC1. The van der Waals surface area contributed by atoms with Gasteiger partial charge in [-0.3, -0.25) is 9.36 Å². The third-order valence-corrected chi connectivity index (χ3v) is 5.28. The summed E-state index contributed by atoms with van der Waals surface area (Å²) >= 11 is 0. The fourth-order valence-electron chi connectivity index (χ4n) is 3.62. The quantitative estimate of drug-likeness (QED) is 0.737. The number of nitrogens with zero attached hydrogens (tertiary/aromatic N) is 3. The standard InChI is InChI=1S/C21H21FN4O2/c1-14-4-2-3-5-18(14)24-21(28)25-10-8-16(9-11-25)26-13-23-19-7-6-15(22)12-17(19)20(26)27/h2-7,12-13,16H,8-11H2,1H3,(H,24,28). The molecule has 2 amide bonds. The lowest BCUT2D eigenvalue weighted by atomic mass is 10.0. The minimum absolute atomic E-state index is 0.0600. The number of hydrogen-bond donors (Lipinski definition) is 1. The maximum atomic E-state index is 13.5. The number of amides is 2. The van der Waals surface area contributed by atoms with Gasteiger partial charge in [0, 0.05) is 24.8 Å². The first-order valence-electron chi connectivity index (χ1n) is 9.31. The zero-order chi connectivity index (χ0) is 19.7. The molecule has 0 aliphatic carbocycles. The molecule has 1 aliphatic heterocycles. The van der Waals surface area contributed by atoms with E-state index >= 15 is 0 Å². The molecular formula is C21H21FN4O2. The Hall–Kier alpha value is -3.22. The summed E-state index contributed by atoms with van der Waals surface area (Å²) in [7, 11) is 0. The van der Waals surface area contributed by atoms with E-state index in [0.29, 0.717) is 31.4 Å². The molecular weight excluding hydrogens is 359 g/mol. The number of anilines is 1. The Balaban J connectivity index is 1.46. The molecule has 0 radical (unpaired) electrons. The number of para-hydroxylation sites is 1. The molecule has 2 aromatic carbocycles. The molecule has 1 saturated heterocycles. The summed E-state index contributed by atoms with van der Waals surface area (Å²) in [5.41, 5.74) is 2.04. The normalized spacial score (nSPS) is 15.0. The van der Waals surface area contributed by atoms with Crippen molar-refractivity contribution in [2.45, 2.75) is 25.8 Å². The Morgan fingerprint density at radius 2 is 1.93 bits per heavy atom. The van der Waals surface area contributed by atoms with E-state index in [-0.39, 0.29) is 23.0 Å². The van der Waals surface area contributed by atoms with E-state index < -0.39 is 5.82 Å². The molecule has 7 heteroatoms. The number of likely N-dealkylation sites (tertiary alicyclic amines) is 1. The molecule has 6 nitrogen and oxygen atoms in total. The molecule has 2 heterocycles. The number of aromatic nitrogens is 2. The zero-order valence-corrected chi connectivity index (χ0v) is 15.6. The van der Waals surface area contributed by atoms with Gasteiger partial charge >= 0.3 is 6.03 Å². The summed E-state index contributed by atoms with van der Waals surface area (Å²) in [4.78, 5) is 31.3. The molecule has 0 atom stereocenters. The van der Waals surface area contributed by atoms with E-state index in [4.69, 9.17) is 0 Å². The molecule has 1 N–H and O–H groups in total. The Kier molecular flexibility index (Phi) is 4.81. The van der Waals surface area contributed by atoms with Gasteiger partial charge in [0.25, 0.3) is 5.56 Å². The summed E-state index contributed by atoms with van der Waals surface area (Å²) in [5.74, 6) is -0.452. The minimum atomic E-state index is -0.452. The summed E-state index contributed by atoms with van der Waals surface area (Å²) in [6, 6.07) is 11.5. The smallest absolute Gasteiger partial charge is 0.321 e. The Bertz CT molecular complexity index is 1090. The largest absolute Gasteiger partial charge is 0.324 e. The summed E-state index contributed by atoms with van der Waals surface area (Å²) < 4.78 is 15.1. The average molecular weight is 380 g/mol. The molecule has 0 unspecified atom stereocenters. The summed E-state index contributed by atoms with van der Waals surface area (Å²) in [6.45, 7) is 3.02. The van der Waals surface area contributed by atoms with Crippen molar-refractivity contribution in [3.05, 3.63) is 70.5 Å². The van der Waals surface area contributed by atoms with Crippen molar-refractivity contribution >= 4 is 22.6 Å². The van der Waals surface area contributed by atoms with Crippen LogP contribution in [0.4, 0.5) is 14.9 Å². The van der Waals surface area contributed by atoms with Crippen LogP contribution in [0.1, 0.15) is 24.4 Å². The molecule has 0 saturated carbocycles. The zero-order valence-electron chi connectivity index (χ0n) is 15.6. The molecule has 1 aliphatic rings. The molecule has 1 aromatic heterocycles. The number of carbonyl (C=O) groups excluding carboxylic acids is 1. The van der Waals surface area contributed by atoms with Gasteiger partial charge in [0.15, 0.2) is 0 Å². The lowest BCUT2D eigenvalue weighted by Gasteiger charge is -2.33. The Labute approximate surface area is 161 Å². The second-order valence-corrected chi connectivity index (χ2v) is 7.08. The van der Waals surface area contributed by atoms with Gasteiger partial charge in [-0.25, -0.2) is 14.2 Å². The summed E-state index contributed by atoms with van der Waals surface area (Å²) in [6.07, 6.45) is 2.81. The van der Waals surface area contributed by atoms with Crippen LogP contribution >= 0.6 is 0 Å². The van der Waals surface area contributed by atoms with E-state index in [2.05, 4.69) is 10.3 Å². The van der Waals surface area contributed by atoms with Crippen LogP contribution in [-0.2, 0) is 0 Å². The van der Waals surface area contributed by atoms with Gasteiger partial charge in [-0.05, 0) is 49.6 Å². The fraction of sp³-hybridized carbons (Fsp3) is 0.286. The van der Waals surface area contributed by atoms with Crippen molar-refractivity contribution in [3.8, 4) is 0 Å². The van der Waals surface area contributed by atoms with Gasteiger partial charge in [-0.2, -0.15) is 0 Å². The highest BCUT2D eigenvalue weighted by Crippen LogP contribution is 2.23. The number of halogens is 1. The van der Waals surface area contributed by atoms with Crippen molar-refractivity contribution < 1.29 is 9.18 Å². The van der Waals surface area contributed by atoms with E-state index in [0.717, 1.165) is 11.3 Å². The van der Waals surface area contributed by atoms with Gasteiger partial charge in [0.1, 0.15) is 5.82 Å². The minimum Gasteiger partial charge on any atom is -0.324 e. The third-order valence-electron chi connectivity index (χ3n) is 5.28. The van der Waals surface area contributed by atoms with Crippen molar-refractivity contribution in [3.63, 3.8) is 0 Å². The molecule has 28 heavy (non-hydrogen) atoms. The van der Waals surface area contributed by atoms with E-state index in [9.17, 15) is 14.0 Å². The molecule has 4 rings (SSSR count). The lowest BCUT2D eigenvalue weighted by Crippen LogP contribution is -2.42. The van der Waals surface area contributed by atoms with Gasteiger partial charge in [0.2, 0.25) is 0 Å². The van der Waals surface area contributed by atoms with Crippen molar-refractivity contribution in [2.75, 3.05) is 18.4 Å². The third kappa shape index (κ3) is 3.47. The van der Waals surface area contributed by atoms with Gasteiger partial charge in [-0.1, -0.05) is 18.2 Å². The van der Waals surface area contributed by atoms with Crippen LogP contribution in [0.15, 0.2) is 53.6 Å². The van der Waals surface area contributed by atoms with Gasteiger partial charge < -0.3 is 10.2 Å². The molecule has 1 fully saturated rings. The fourth-order valence-corrected chi connectivity index (χ4v) is 3.62. The molecule has 0 bridgehead atoms. The predicted octanol–water partition coefficient (Wildman–Crippen LogP) is 3.71. The second-order valence-electron chi connectivity index (χ2n) is 7.08. The number of rotatable bonds is 2. The number of benzene rings is 2. The van der Waals surface area contributed by atoms with Crippen molar-refractivity contribution in [1.82, 2.24) is 14.5 Å². The van der Waals surface area contributed by atoms with Crippen LogP contribution in [0.25, 0.3) is 10.9 Å². The highest BCUT2D eigenvalue weighted by Gasteiger charge is 2.25. The Morgan fingerprint density at radius 1 is 1.18 bits per heavy atom. The number of aryl methyl sites for hydroxylation is 1. The summed E-state index contributed by atoms with van der Waals surface area (Å²) in [5, 5.41) is 3.22.